The van der Waals surface area contributed by atoms with Gasteiger partial charge in [-0.05, 0) is 49.2 Å². The number of hydrogen-bond donors (Lipinski definition) is 1. The second-order valence-corrected chi connectivity index (χ2v) is 8.66. The Morgan fingerprint density at radius 1 is 1.15 bits per heavy atom. The molecule has 8 nitrogen and oxygen atoms in total. The van der Waals surface area contributed by atoms with Crippen LogP contribution in [0.15, 0.2) is 51.0 Å². The van der Waals surface area contributed by atoms with E-state index in [9.17, 15) is 9.59 Å². The molecule has 0 spiro atoms. The molecule has 2 aromatic carbocycles. The third-order valence-electron chi connectivity index (χ3n) is 5.69. The zero-order valence-electron chi connectivity index (χ0n) is 18.7. The van der Waals surface area contributed by atoms with Crippen molar-refractivity contribution in [2.75, 3.05) is 25.6 Å². The van der Waals surface area contributed by atoms with Gasteiger partial charge in [-0.2, -0.15) is 0 Å². The van der Waals surface area contributed by atoms with Gasteiger partial charge in [0, 0.05) is 34.4 Å². The van der Waals surface area contributed by atoms with Gasteiger partial charge in [0.2, 0.25) is 5.91 Å². The van der Waals surface area contributed by atoms with Crippen molar-refractivity contribution in [1.82, 2.24) is 4.98 Å². The molecule has 0 radical (unpaired) electrons. The molecule has 0 saturated heterocycles. The van der Waals surface area contributed by atoms with Crippen LogP contribution < -0.4 is 25.2 Å². The summed E-state index contributed by atoms with van der Waals surface area (Å²) < 4.78 is 21.8. The van der Waals surface area contributed by atoms with Crippen LogP contribution in [0.2, 0.25) is 0 Å². The van der Waals surface area contributed by atoms with Gasteiger partial charge in [0.15, 0.2) is 16.6 Å². The van der Waals surface area contributed by atoms with Crippen LogP contribution >= 0.6 is 11.3 Å². The molecule has 1 aliphatic heterocycles. The van der Waals surface area contributed by atoms with E-state index in [1.54, 1.807) is 13.2 Å². The Hall–Kier alpha value is -3.85. The summed E-state index contributed by atoms with van der Waals surface area (Å²) in [5.74, 6) is 1.79. The number of fused-ring (bicyclic) bond motifs is 2. The molecule has 3 heterocycles. The van der Waals surface area contributed by atoms with E-state index < -0.39 is 5.63 Å². The first-order valence-corrected chi connectivity index (χ1v) is 11.7. The number of amides is 1. The van der Waals surface area contributed by atoms with Crippen LogP contribution in [0.25, 0.3) is 22.2 Å². The van der Waals surface area contributed by atoms with Crippen molar-refractivity contribution < 1.29 is 23.4 Å². The number of methoxy groups -OCH3 is 1. The van der Waals surface area contributed by atoms with Crippen molar-refractivity contribution in [1.29, 1.82) is 0 Å². The number of hydrogen-bond acceptors (Lipinski definition) is 8. The van der Waals surface area contributed by atoms with Crippen LogP contribution in [0.3, 0.4) is 0 Å². The molecule has 0 unspecified atom stereocenters. The van der Waals surface area contributed by atoms with Crippen molar-refractivity contribution in [3.63, 3.8) is 0 Å². The van der Waals surface area contributed by atoms with E-state index in [1.807, 2.05) is 42.6 Å². The number of ether oxygens (including phenoxy) is 3. The molecule has 0 atom stereocenters. The summed E-state index contributed by atoms with van der Waals surface area (Å²) in [5.41, 5.74) is 2.92. The lowest BCUT2D eigenvalue weighted by molar-refractivity contribution is -0.116. The van der Waals surface area contributed by atoms with Gasteiger partial charge in [-0.15, -0.1) is 11.3 Å². The standard InChI is InChI=1S/C25H22N2O6S/c1-14-17-5-4-16(30-2)12-21(17)33-24(29)18(14)6-8-23(28)27-25-26-19(13-34-25)15-3-7-20-22(11-15)32-10-9-31-20/h3-5,7,11-13H,6,8-10H2,1-2H3,(H,26,27,28). The molecule has 9 heteroatoms. The Kier molecular flexibility index (Phi) is 5.93. The second-order valence-electron chi connectivity index (χ2n) is 7.80. The molecule has 2 aromatic heterocycles. The Morgan fingerprint density at radius 2 is 1.97 bits per heavy atom. The molecule has 174 valence electrons. The average Bonchev–Trinajstić information content (AvgIpc) is 3.31. The molecule has 0 bridgehead atoms. The highest BCUT2D eigenvalue weighted by molar-refractivity contribution is 7.14. The number of aryl methyl sites for hydroxylation is 1. The molecular formula is C25H22N2O6S. The summed E-state index contributed by atoms with van der Waals surface area (Å²) in [5, 5.41) is 6.00. The molecule has 1 aliphatic rings. The molecule has 4 aromatic rings. The van der Waals surface area contributed by atoms with E-state index >= 15 is 0 Å². The molecular weight excluding hydrogens is 456 g/mol. The first-order chi connectivity index (χ1) is 16.5. The van der Waals surface area contributed by atoms with Gasteiger partial charge in [-0.1, -0.05) is 0 Å². The fourth-order valence-electron chi connectivity index (χ4n) is 3.88. The second kappa shape index (κ2) is 9.18. The summed E-state index contributed by atoms with van der Waals surface area (Å²) in [6.45, 7) is 2.91. The minimum absolute atomic E-state index is 0.131. The molecule has 0 aliphatic carbocycles. The van der Waals surface area contributed by atoms with Crippen LogP contribution in [0, 0.1) is 6.92 Å². The van der Waals surface area contributed by atoms with Gasteiger partial charge >= 0.3 is 5.63 Å². The van der Waals surface area contributed by atoms with Gasteiger partial charge in [0.05, 0.1) is 12.8 Å². The minimum atomic E-state index is -0.443. The Balaban J connectivity index is 1.26. The predicted molar refractivity (Wildman–Crippen MR) is 129 cm³/mol. The summed E-state index contributed by atoms with van der Waals surface area (Å²) in [6, 6.07) is 11.0. The van der Waals surface area contributed by atoms with Gasteiger partial charge in [-0.3, -0.25) is 4.79 Å². The lowest BCUT2D eigenvalue weighted by Gasteiger charge is -2.18. The van der Waals surface area contributed by atoms with E-state index in [4.69, 9.17) is 18.6 Å². The summed E-state index contributed by atoms with van der Waals surface area (Å²) in [7, 11) is 1.56. The highest BCUT2D eigenvalue weighted by Crippen LogP contribution is 2.35. The lowest BCUT2D eigenvalue weighted by atomic mass is 10.0. The molecule has 34 heavy (non-hydrogen) atoms. The number of carbonyl (C=O) groups is 1. The van der Waals surface area contributed by atoms with Crippen LogP contribution in [-0.4, -0.2) is 31.2 Å². The maximum atomic E-state index is 12.6. The number of nitrogens with one attached hydrogen (secondary N) is 1. The predicted octanol–water partition coefficient (Wildman–Crippen LogP) is 4.58. The summed E-state index contributed by atoms with van der Waals surface area (Å²) in [4.78, 5) is 29.6. The summed E-state index contributed by atoms with van der Waals surface area (Å²) >= 11 is 1.34. The Bertz CT molecular complexity index is 1440. The van der Waals surface area contributed by atoms with Crippen molar-refractivity contribution in [3.8, 4) is 28.5 Å². The molecule has 0 saturated carbocycles. The number of rotatable bonds is 6. The van der Waals surface area contributed by atoms with Crippen LogP contribution in [-0.2, 0) is 11.2 Å². The zero-order chi connectivity index (χ0) is 23.7. The van der Waals surface area contributed by atoms with Crippen LogP contribution in [0.5, 0.6) is 17.2 Å². The number of nitrogens with zero attached hydrogens (tertiary/aromatic N) is 1. The SMILES string of the molecule is COc1ccc2c(C)c(CCC(=O)Nc3nc(-c4ccc5c(c4)OCCO5)cs3)c(=O)oc2c1. The zero-order valence-corrected chi connectivity index (χ0v) is 19.5. The lowest BCUT2D eigenvalue weighted by Crippen LogP contribution is -2.16. The number of aromatic nitrogens is 1. The van der Waals surface area contributed by atoms with Gasteiger partial charge in [0.1, 0.15) is 24.5 Å². The minimum Gasteiger partial charge on any atom is -0.497 e. The van der Waals surface area contributed by atoms with Gasteiger partial charge in [-0.25, -0.2) is 9.78 Å². The van der Waals surface area contributed by atoms with Gasteiger partial charge < -0.3 is 23.9 Å². The average molecular weight is 479 g/mol. The molecule has 1 amide bonds. The van der Waals surface area contributed by atoms with Crippen molar-refractivity contribution in [2.24, 2.45) is 0 Å². The van der Waals surface area contributed by atoms with Gasteiger partial charge in [0.25, 0.3) is 0 Å². The quantitative estimate of drug-likeness (QED) is 0.405. The Labute approximate surface area is 199 Å². The molecule has 1 N–H and O–H groups in total. The highest BCUT2D eigenvalue weighted by atomic mass is 32.1. The Morgan fingerprint density at radius 3 is 2.79 bits per heavy atom. The van der Waals surface area contributed by atoms with E-state index in [2.05, 4.69) is 10.3 Å². The third-order valence-corrected chi connectivity index (χ3v) is 6.44. The fourth-order valence-corrected chi connectivity index (χ4v) is 4.61. The molecule has 0 fully saturated rings. The van der Waals surface area contributed by atoms with Crippen LogP contribution in [0.4, 0.5) is 5.13 Å². The van der Waals surface area contributed by atoms with Crippen molar-refractivity contribution >= 4 is 33.3 Å². The number of thiazole rings is 1. The van der Waals surface area contributed by atoms with E-state index in [0.717, 1.165) is 22.2 Å². The molecule has 5 rings (SSSR count). The number of anilines is 1. The van der Waals surface area contributed by atoms with Crippen molar-refractivity contribution in [3.05, 3.63) is 63.3 Å². The first-order valence-electron chi connectivity index (χ1n) is 10.8. The number of benzene rings is 2. The van der Waals surface area contributed by atoms with E-state index in [-0.39, 0.29) is 18.7 Å². The topological polar surface area (TPSA) is 99.9 Å². The largest absolute Gasteiger partial charge is 0.497 e. The van der Waals surface area contributed by atoms with Crippen LogP contribution in [0.1, 0.15) is 17.5 Å². The smallest absolute Gasteiger partial charge is 0.339 e. The normalized spacial score (nSPS) is 12.5. The maximum absolute atomic E-state index is 12.6. The fraction of sp³-hybridized carbons (Fsp3) is 0.240. The summed E-state index contributed by atoms with van der Waals surface area (Å²) in [6.07, 6.45) is 0.397. The first kappa shape index (κ1) is 22.0. The van der Waals surface area contributed by atoms with Crippen molar-refractivity contribution in [2.45, 2.75) is 19.8 Å². The van der Waals surface area contributed by atoms with E-state index in [0.29, 0.717) is 46.7 Å². The monoisotopic (exact) mass is 478 g/mol. The van der Waals surface area contributed by atoms with E-state index in [1.165, 1.54) is 11.3 Å². The third kappa shape index (κ3) is 4.34. The number of carbonyl (C=O) groups excluding carboxylic acids is 1. The maximum Gasteiger partial charge on any atom is 0.339 e. The highest BCUT2D eigenvalue weighted by Gasteiger charge is 2.16.